The average molecular weight is 376 g/mol. The van der Waals surface area contributed by atoms with Crippen molar-refractivity contribution in [2.45, 2.75) is 46.7 Å². The molecule has 134 valence electrons. The van der Waals surface area contributed by atoms with Crippen molar-refractivity contribution < 1.29 is 8.42 Å². The molecule has 1 aliphatic heterocycles. The fourth-order valence-corrected chi connectivity index (χ4v) is 5.60. The molecule has 3 nitrogen and oxygen atoms in total. The molecule has 2 aromatic rings. The number of likely N-dealkylation sites (tertiary alicyclic amines) is 1. The third kappa shape index (κ3) is 4.46. The summed E-state index contributed by atoms with van der Waals surface area (Å²) in [6.07, 6.45) is 2.27. The number of hydrogen-bond acceptors (Lipinski definition) is 4. The molecule has 5 heteroatoms. The SMILES string of the molecule is CC1CCCN([C@@H](C)S(=O)(=O)c2ccc(Sc3ccccc3)cc2)C1. The molecule has 0 amide bonds. The van der Waals surface area contributed by atoms with Crippen molar-refractivity contribution in [1.82, 2.24) is 4.90 Å². The standard InChI is InChI=1S/C20H25NO2S2/c1-16-7-6-14-21(15-16)17(2)25(22,23)20-12-10-19(11-13-20)24-18-8-4-3-5-9-18/h3-5,8-13,16-17H,6-7,14-15H2,1-2H3/t16?,17-/m1/s1. The van der Waals surface area contributed by atoms with E-state index < -0.39 is 15.2 Å². The molecule has 0 bridgehead atoms. The van der Waals surface area contributed by atoms with Crippen LogP contribution in [-0.4, -0.2) is 31.8 Å². The highest BCUT2D eigenvalue weighted by molar-refractivity contribution is 7.99. The van der Waals surface area contributed by atoms with Crippen LogP contribution < -0.4 is 0 Å². The summed E-state index contributed by atoms with van der Waals surface area (Å²) in [6.45, 7) is 5.75. The van der Waals surface area contributed by atoms with E-state index in [1.807, 2.05) is 37.3 Å². The van der Waals surface area contributed by atoms with Crippen LogP contribution in [0.1, 0.15) is 26.7 Å². The van der Waals surface area contributed by atoms with Crippen LogP contribution >= 0.6 is 11.8 Å². The molecule has 0 aromatic heterocycles. The van der Waals surface area contributed by atoms with Crippen molar-refractivity contribution in [2.75, 3.05) is 13.1 Å². The van der Waals surface area contributed by atoms with Gasteiger partial charge in [-0.05, 0) is 68.6 Å². The van der Waals surface area contributed by atoms with Crippen LogP contribution in [0.25, 0.3) is 0 Å². The van der Waals surface area contributed by atoms with Gasteiger partial charge in [-0.3, -0.25) is 4.90 Å². The van der Waals surface area contributed by atoms with E-state index >= 15 is 0 Å². The van der Waals surface area contributed by atoms with E-state index in [2.05, 4.69) is 24.0 Å². The normalized spacial score (nSPS) is 20.3. The van der Waals surface area contributed by atoms with Gasteiger partial charge in [-0.15, -0.1) is 0 Å². The molecule has 3 rings (SSSR count). The molecular formula is C20H25NO2S2. The molecule has 0 spiro atoms. The largest absolute Gasteiger partial charge is 0.287 e. The van der Waals surface area contributed by atoms with Gasteiger partial charge in [0.05, 0.1) is 4.90 Å². The van der Waals surface area contributed by atoms with E-state index in [0.29, 0.717) is 10.8 Å². The first kappa shape index (κ1) is 18.5. The zero-order valence-electron chi connectivity index (χ0n) is 14.8. The summed E-state index contributed by atoms with van der Waals surface area (Å²) >= 11 is 1.64. The molecule has 1 aliphatic rings. The summed E-state index contributed by atoms with van der Waals surface area (Å²) in [7, 11) is -3.33. The number of rotatable bonds is 5. The van der Waals surface area contributed by atoms with E-state index in [4.69, 9.17) is 0 Å². The van der Waals surface area contributed by atoms with Gasteiger partial charge in [0.2, 0.25) is 0 Å². The van der Waals surface area contributed by atoms with Gasteiger partial charge in [-0.2, -0.15) is 0 Å². The minimum atomic E-state index is -3.33. The lowest BCUT2D eigenvalue weighted by Gasteiger charge is -2.35. The van der Waals surface area contributed by atoms with Gasteiger partial charge in [0, 0.05) is 16.3 Å². The Bertz CT molecular complexity index is 788. The van der Waals surface area contributed by atoms with Crippen molar-refractivity contribution in [1.29, 1.82) is 0 Å². The van der Waals surface area contributed by atoms with Gasteiger partial charge in [-0.25, -0.2) is 8.42 Å². The lowest BCUT2D eigenvalue weighted by molar-refractivity contribution is 0.173. The molecule has 0 radical (unpaired) electrons. The average Bonchev–Trinajstić information content (AvgIpc) is 2.62. The topological polar surface area (TPSA) is 37.4 Å². The van der Waals surface area contributed by atoms with Crippen molar-refractivity contribution >= 4 is 21.6 Å². The third-order valence-corrected chi connectivity index (χ3v) is 7.92. The quantitative estimate of drug-likeness (QED) is 0.760. The van der Waals surface area contributed by atoms with Crippen LogP contribution in [0, 0.1) is 5.92 Å². The van der Waals surface area contributed by atoms with E-state index in [9.17, 15) is 8.42 Å². The molecule has 0 saturated carbocycles. The molecular weight excluding hydrogens is 350 g/mol. The molecule has 1 unspecified atom stereocenters. The number of nitrogens with zero attached hydrogens (tertiary/aromatic N) is 1. The highest BCUT2D eigenvalue weighted by Crippen LogP contribution is 2.29. The molecule has 0 aliphatic carbocycles. The van der Waals surface area contributed by atoms with Crippen LogP contribution in [0.15, 0.2) is 69.3 Å². The molecule has 1 fully saturated rings. The minimum Gasteiger partial charge on any atom is -0.287 e. The first-order valence-corrected chi connectivity index (χ1v) is 11.1. The zero-order chi connectivity index (χ0) is 17.9. The number of piperidine rings is 1. The second-order valence-electron chi connectivity index (χ2n) is 6.77. The van der Waals surface area contributed by atoms with Crippen molar-refractivity contribution in [3.05, 3.63) is 54.6 Å². The van der Waals surface area contributed by atoms with Gasteiger partial charge in [0.1, 0.15) is 5.37 Å². The predicted octanol–water partition coefficient (Wildman–Crippen LogP) is 4.69. The molecule has 2 aromatic carbocycles. The van der Waals surface area contributed by atoms with Crippen LogP contribution in [-0.2, 0) is 9.84 Å². The monoisotopic (exact) mass is 375 g/mol. The van der Waals surface area contributed by atoms with Gasteiger partial charge in [-0.1, -0.05) is 36.9 Å². The lowest BCUT2D eigenvalue weighted by Crippen LogP contribution is -2.44. The van der Waals surface area contributed by atoms with Crippen molar-refractivity contribution in [3.63, 3.8) is 0 Å². The fraction of sp³-hybridized carbons (Fsp3) is 0.400. The maximum Gasteiger partial charge on any atom is 0.194 e. The second kappa shape index (κ2) is 7.94. The zero-order valence-corrected chi connectivity index (χ0v) is 16.4. The van der Waals surface area contributed by atoms with Gasteiger partial charge < -0.3 is 0 Å². The first-order chi connectivity index (χ1) is 12.0. The maximum absolute atomic E-state index is 13.0. The summed E-state index contributed by atoms with van der Waals surface area (Å²) in [5.74, 6) is 0.566. The summed E-state index contributed by atoms with van der Waals surface area (Å²) in [6, 6.07) is 17.4. The molecule has 1 heterocycles. The first-order valence-electron chi connectivity index (χ1n) is 8.78. The van der Waals surface area contributed by atoms with Gasteiger partial charge >= 0.3 is 0 Å². The lowest BCUT2D eigenvalue weighted by atomic mass is 10.0. The van der Waals surface area contributed by atoms with E-state index in [-0.39, 0.29) is 0 Å². The van der Waals surface area contributed by atoms with E-state index in [1.165, 1.54) is 6.42 Å². The van der Waals surface area contributed by atoms with Gasteiger partial charge in [0.25, 0.3) is 0 Å². The smallest absolute Gasteiger partial charge is 0.194 e. The summed E-state index contributed by atoms with van der Waals surface area (Å²) in [4.78, 5) is 4.71. The third-order valence-electron chi connectivity index (χ3n) is 4.78. The summed E-state index contributed by atoms with van der Waals surface area (Å²) < 4.78 is 25.9. The van der Waals surface area contributed by atoms with Crippen LogP contribution in [0.4, 0.5) is 0 Å². The Kier molecular flexibility index (Phi) is 5.87. The fourth-order valence-electron chi connectivity index (χ4n) is 3.27. The van der Waals surface area contributed by atoms with Crippen molar-refractivity contribution in [3.8, 4) is 0 Å². The van der Waals surface area contributed by atoms with E-state index in [1.54, 1.807) is 23.9 Å². The Labute approximate surface area is 155 Å². The van der Waals surface area contributed by atoms with Crippen LogP contribution in [0.5, 0.6) is 0 Å². The molecule has 0 N–H and O–H groups in total. The Morgan fingerprint density at radius 3 is 2.32 bits per heavy atom. The van der Waals surface area contributed by atoms with Gasteiger partial charge in [0.15, 0.2) is 9.84 Å². The van der Waals surface area contributed by atoms with Crippen LogP contribution in [0.2, 0.25) is 0 Å². The minimum absolute atomic E-state index is 0.413. The number of benzene rings is 2. The molecule has 25 heavy (non-hydrogen) atoms. The Morgan fingerprint density at radius 2 is 1.68 bits per heavy atom. The van der Waals surface area contributed by atoms with Crippen LogP contribution in [0.3, 0.4) is 0 Å². The summed E-state index contributed by atoms with van der Waals surface area (Å²) in [5, 5.41) is -0.470. The maximum atomic E-state index is 13.0. The number of sulfone groups is 1. The Morgan fingerprint density at radius 1 is 1.04 bits per heavy atom. The molecule has 2 atom stereocenters. The highest BCUT2D eigenvalue weighted by Gasteiger charge is 2.31. The van der Waals surface area contributed by atoms with E-state index in [0.717, 1.165) is 29.3 Å². The molecule has 1 saturated heterocycles. The second-order valence-corrected chi connectivity index (χ2v) is 10.2. The van der Waals surface area contributed by atoms with Crippen molar-refractivity contribution in [2.24, 2.45) is 5.92 Å². The predicted molar refractivity (Wildman–Crippen MR) is 104 cm³/mol. The Hall–Kier alpha value is -1.30. The Balaban J connectivity index is 1.74. The summed E-state index contributed by atoms with van der Waals surface area (Å²) in [5.41, 5.74) is 0. The highest BCUT2D eigenvalue weighted by atomic mass is 32.2. The number of hydrogen-bond donors (Lipinski definition) is 0.